The number of piperazine rings is 1. The number of amides is 1. The third-order valence-corrected chi connectivity index (χ3v) is 13.1. The van der Waals surface area contributed by atoms with Crippen molar-refractivity contribution < 1.29 is 38.2 Å². The topological polar surface area (TPSA) is 117 Å². The average molecular weight is 839 g/mol. The van der Waals surface area contributed by atoms with Gasteiger partial charge in [0.2, 0.25) is 0 Å². The van der Waals surface area contributed by atoms with Gasteiger partial charge < -0.3 is 47.7 Å². The smallest absolute Gasteiger partial charge is 0.445 e. The number of carbonyl (C=O) groups is 1. The van der Waals surface area contributed by atoms with Gasteiger partial charge >= 0.3 is 13.2 Å². The van der Waals surface area contributed by atoms with Gasteiger partial charge in [-0.2, -0.15) is 0 Å². The lowest BCUT2D eigenvalue weighted by atomic mass is 9.77. The second kappa shape index (κ2) is 18.0. The van der Waals surface area contributed by atoms with E-state index in [-0.39, 0.29) is 37.1 Å². The Morgan fingerprint density at radius 2 is 1.70 bits per heavy atom. The highest BCUT2D eigenvalue weighted by Gasteiger charge is 2.52. The van der Waals surface area contributed by atoms with Crippen molar-refractivity contribution >= 4 is 35.3 Å². The first-order chi connectivity index (χ1) is 28.9. The van der Waals surface area contributed by atoms with Crippen LogP contribution in [0.1, 0.15) is 98.1 Å². The number of carbonyl (C=O) groups excluding carboxylic acids is 1. The first kappa shape index (κ1) is 45.1. The van der Waals surface area contributed by atoms with E-state index in [0.29, 0.717) is 52.4 Å². The van der Waals surface area contributed by atoms with Crippen LogP contribution in [-0.4, -0.2) is 109 Å². The Morgan fingerprint density at radius 3 is 2.36 bits per heavy atom. The molecule has 3 aliphatic heterocycles. The van der Waals surface area contributed by atoms with Gasteiger partial charge in [0.05, 0.1) is 58.9 Å². The summed E-state index contributed by atoms with van der Waals surface area (Å²) in [5, 5.41) is 11.8. The monoisotopic (exact) mass is 839 g/mol. The van der Waals surface area contributed by atoms with Crippen molar-refractivity contribution in [2.45, 2.75) is 124 Å². The largest absolute Gasteiger partial charge is 0.494 e. The molecule has 5 heterocycles. The second-order valence-electron chi connectivity index (χ2n) is 19.5. The molecule has 0 unspecified atom stereocenters. The number of methoxy groups -OCH3 is 1. The van der Waals surface area contributed by atoms with Crippen LogP contribution in [0.4, 0.5) is 10.5 Å². The Labute approximate surface area is 362 Å². The molecule has 2 aromatic heterocycles. The van der Waals surface area contributed by atoms with Crippen molar-refractivity contribution in [1.29, 1.82) is 0 Å². The Bertz CT molecular complexity index is 2130. The number of ether oxygens (including phenoxy) is 4. The average Bonchev–Trinajstić information content (AvgIpc) is 3.65. The highest BCUT2D eigenvalue weighted by atomic mass is 16.7. The van der Waals surface area contributed by atoms with Crippen LogP contribution in [0.25, 0.3) is 22.2 Å². The van der Waals surface area contributed by atoms with Crippen molar-refractivity contribution in [2.24, 2.45) is 5.41 Å². The number of pyridine rings is 1. The van der Waals surface area contributed by atoms with Crippen molar-refractivity contribution in [1.82, 2.24) is 14.5 Å². The lowest BCUT2D eigenvalue weighted by Crippen LogP contribution is -2.49. The molecule has 0 bridgehead atoms. The molecule has 0 saturated carbocycles. The third-order valence-electron chi connectivity index (χ3n) is 13.1. The number of anilines is 1. The highest BCUT2D eigenvalue weighted by molar-refractivity contribution is 6.62. The summed E-state index contributed by atoms with van der Waals surface area (Å²) < 4.78 is 39.9. The van der Waals surface area contributed by atoms with Crippen LogP contribution in [0.15, 0.2) is 60.8 Å². The van der Waals surface area contributed by atoms with E-state index in [9.17, 15) is 9.90 Å². The summed E-state index contributed by atoms with van der Waals surface area (Å²) in [6.07, 6.45) is 3.69. The lowest BCUT2D eigenvalue weighted by molar-refractivity contribution is -0.116. The predicted octanol–water partition coefficient (Wildman–Crippen LogP) is 7.70. The molecular weight excluding hydrogens is 771 g/mol. The minimum Gasteiger partial charge on any atom is -0.445 e. The zero-order valence-corrected chi connectivity index (χ0v) is 38.1. The summed E-state index contributed by atoms with van der Waals surface area (Å²) in [4.78, 5) is 22.3. The summed E-state index contributed by atoms with van der Waals surface area (Å²) >= 11 is 0. The Kier molecular flexibility index (Phi) is 13.3. The van der Waals surface area contributed by atoms with Gasteiger partial charge in [-0.1, -0.05) is 56.3 Å². The summed E-state index contributed by atoms with van der Waals surface area (Å²) in [6, 6.07) is 18.5. The number of benzene rings is 2. The number of fused-ring (bicyclic) bond motifs is 1. The first-order valence-corrected chi connectivity index (χ1v) is 22.0. The summed E-state index contributed by atoms with van der Waals surface area (Å²) in [5.74, 6) is 0. The molecule has 3 saturated heterocycles. The first-order valence-electron chi connectivity index (χ1n) is 22.0. The summed E-state index contributed by atoms with van der Waals surface area (Å²) in [5.41, 5.74) is 6.16. The van der Waals surface area contributed by atoms with Crippen LogP contribution in [0.2, 0.25) is 0 Å². The fourth-order valence-electron chi connectivity index (χ4n) is 8.67. The number of aliphatic hydroxyl groups is 1. The molecule has 13 heteroatoms. The summed E-state index contributed by atoms with van der Waals surface area (Å²) in [6.45, 7) is 23.1. The van der Waals surface area contributed by atoms with Gasteiger partial charge in [-0.05, 0) is 95.4 Å². The van der Waals surface area contributed by atoms with Gasteiger partial charge in [-0.25, -0.2) is 4.79 Å². The number of nitrogens with zero attached hydrogens (tertiary/aromatic N) is 4. The molecule has 12 nitrogen and oxygen atoms in total. The van der Waals surface area contributed by atoms with E-state index in [2.05, 4.69) is 89.1 Å². The molecule has 0 radical (unpaired) electrons. The molecule has 61 heavy (non-hydrogen) atoms. The maximum Gasteiger partial charge on any atom is 0.494 e. The van der Waals surface area contributed by atoms with Crippen molar-refractivity contribution in [3.05, 3.63) is 77.6 Å². The quantitative estimate of drug-likeness (QED) is 0.127. The SMILES string of the molecule is CO[C@@H](C)c1ncc(N2CCN(C(=O)OCc3ccccc3)CC2)cc1-c1c(CC(C)(C)CO)c2cc(B3OC(C)(C)C(C)(C)O3)ccc2n1CCO[C@H]1CCOC(C)(C)C1. The van der Waals surface area contributed by atoms with E-state index in [4.69, 9.17) is 33.2 Å². The van der Waals surface area contributed by atoms with Crippen molar-refractivity contribution in [3.63, 3.8) is 0 Å². The third kappa shape index (κ3) is 9.98. The summed E-state index contributed by atoms with van der Waals surface area (Å²) in [7, 11) is 1.18. The molecule has 1 amide bonds. The molecule has 330 valence electrons. The molecule has 0 aliphatic carbocycles. The van der Waals surface area contributed by atoms with E-state index in [0.717, 1.165) is 63.0 Å². The number of aliphatic hydroxyl groups excluding tert-OH is 1. The minimum absolute atomic E-state index is 0.0103. The minimum atomic E-state index is -0.538. The molecule has 0 spiro atoms. The Balaban J connectivity index is 1.29. The maximum absolute atomic E-state index is 13.1. The van der Waals surface area contributed by atoms with Crippen molar-refractivity contribution in [2.75, 3.05) is 58.0 Å². The molecular formula is C48H67BN4O8. The second-order valence-corrected chi connectivity index (χ2v) is 19.5. The molecule has 7 rings (SSSR count). The van der Waals surface area contributed by atoms with Crippen LogP contribution in [0.3, 0.4) is 0 Å². The molecule has 1 N–H and O–H groups in total. The number of rotatable bonds is 14. The van der Waals surface area contributed by atoms with E-state index >= 15 is 0 Å². The number of hydrogen-bond donors (Lipinski definition) is 1. The van der Waals surface area contributed by atoms with Gasteiger partial charge in [0.15, 0.2) is 0 Å². The maximum atomic E-state index is 13.1. The molecule has 3 fully saturated rings. The van der Waals surface area contributed by atoms with E-state index in [1.807, 2.05) is 43.5 Å². The normalized spacial score (nSPS) is 20.6. The number of aromatic nitrogens is 2. The molecule has 3 aliphatic rings. The van der Waals surface area contributed by atoms with Crippen molar-refractivity contribution in [3.8, 4) is 11.3 Å². The van der Waals surface area contributed by atoms with Crippen LogP contribution in [0.5, 0.6) is 0 Å². The zero-order valence-electron chi connectivity index (χ0n) is 38.1. The Hall–Kier alpha value is -3.98. The van der Waals surface area contributed by atoms with Crippen LogP contribution in [-0.2, 0) is 47.8 Å². The van der Waals surface area contributed by atoms with Crippen LogP contribution < -0.4 is 10.4 Å². The van der Waals surface area contributed by atoms with Crippen LogP contribution >= 0.6 is 0 Å². The lowest BCUT2D eigenvalue weighted by Gasteiger charge is -2.36. The van der Waals surface area contributed by atoms with Gasteiger partial charge in [0.1, 0.15) is 6.61 Å². The standard InChI is InChI=1S/C48H67BN4O8/c1-33(56-10)42-39(27-36(30-50-42)51-19-21-52(22-20-51)44(55)58-31-34-14-12-11-13-15-34)43-40(29-45(2,3)32-54)38-26-35(49-60-47(6,7)48(8,9)61-49)16-17-41(38)53(43)23-25-57-37-18-24-59-46(4,5)28-37/h11-17,26-27,30,33,37,54H,18-25,28-29,31-32H2,1-10H3/t33-,37-/m0/s1. The molecule has 2 aromatic carbocycles. The van der Waals surface area contributed by atoms with E-state index in [1.165, 1.54) is 0 Å². The fraction of sp³-hybridized carbons (Fsp3) is 0.583. The highest BCUT2D eigenvalue weighted by Crippen LogP contribution is 2.43. The molecule has 2 atom stereocenters. The van der Waals surface area contributed by atoms with E-state index in [1.54, 1.807) is 12.0 Å². The van der Waals surface area contributed by atoms with Gasteiger partial charge in [-0.3, -0.25) is 4.98 Å². The predicted molar refractivity (Wildman–Crippen MR) is 240 cm³/mol. The van der Waals surface area contributed by atoms with Gasteiger partial charge in [-0.15, -0.1) is 0 Å². The Morgan fingerprint density at radius 1 is 1.00 bits per heavy atom. The zero-order chi connectivity index (χ0) is 43.7. The van der Waals surface area contributed by atoms with Crippen LogP contribution in [0, 0.1) is 5.41 Å². The number of hydrogen-bond acceptors (Lipinski definition) is 10. The van der Waals surface area contributed by atoms with Gasteiger partial charge in [0.25, 0.3) is 0 Å². The molecule has 4 aromatic rings. The fourth-order valence-corrected chi connectivity index (χ4v) is 8.67. The van der Waals surface area contributed by atoms with Gasteiger partial charge in [0, 0.05) is 75.9 Å². The van der Waals surface area contributed by atoms with E-state index < -0.39 is 23.7 Å².